The summed E-state index contributed by atoms with van der Waals surface area (Å²) in [5, 5.41) is 5.98. The molecule has 0 radical (unpaired) electrons. The molecule has 1 aliphatic rings. The normalized spacial score (nSPS) is 16.3. The number of benzene rings is 1. The molecule has 0 bridgehead atoms. The van der Waals surface area contributed by atoms with Gasteiger partial charge in [0.15, 0.2) is 0 Å². The lowest BCUT2D eigenvalue weighted by Gasteiger charge is -2.40. The van der Waals surface area contributed by atoms with Gasteiger partial charge in [0, 0.05) is 22.7 Å². The third-order valence-electron chi connectivity index (χ3n) is 3.83. The van der Waals surface area contributed by atoms with Crippen molar-refractivity contribution >= 4 is 35.2 Å². The van der Waals surface area contributed by atoms with Crippen LogP contribution in [0.25, 0.3) is 0 Å². The van der Waals surface area contributed by atoms with Crippen molar-refractivity contribution in [1.82, 2.24) is 5.32 Å². The van der Waals surface area contributed by atoms with Gasteiger partial charge in [-0.2, -0.15) is 23.5 Å². The third-order valence-corrected chi connectivity index (χ3v) is 5.85. The Labute approximate surface area is 129 Å². The molecular formula is C15H22N2OS2. The fourth-order valence-electron chi connectivity index (χ4n) is 2.36. The van der Waals surface area contributed by atoms with Gasteiger partial charge in [0.25, 0.3) is 0 Å². The second kappa shape index (κ2) is 7.27. The van der Waals surface area contributed by atoms with Crippen LogP contribution in [0.4, 0.5) is 10.5 Å². The Morgan fingerprint density at radius 1 is 1.30 bits per heavy atom. The van der Waals surface area contributed by atoms with E-state index in [0.29, 0.717) is 0 Å². The number of urea groups is 1. The van der Waals surface area contributed by atoms with Crippen LogP contribution in [0.3, 0.4) is 0 Å². The SMILES string of the molecule is CSCc1ccccc1NC(=O)NCC1(SC)CCC1. The van der Waals surface area contributed by atoms with Crippen LogP contribution >= 0.6 is 23.5 Å². The Morgan fingerprint density at radius 3 is 2.65 bits per heavy atom. The van der Waals surface area contributed by atoms with Crippen LogP contribution in [0, 0.1) is 0 Å². The standard InChI is InChI=1S/C15H22N2OS2/c1-19-10-12-6-3-4-7-13(12)17-14(18)16-11-15(20-2)8-5-9-15/h3-4,6-7H,5,8-11H2,1-2H3,(H2,16,17,18). The number of hydrogen-bond acceptors (Lipinski definition) is 3. The van der Waals surface area contributed by atoms with Crippen LogP contribution in [0.15, 0.2) is 24.3 Å². The summed E-state index contributed by atoms with van der Waals surface area (Å²) in [7, 11) is 0. The zero-order chi connectivity index (χ0) is 14.4. The zero-order valence-electron chi connectivity index (χ0n) is 12.1. The maximum absolute atomic E-state index is 12.0. The van der Waals surface area contributed by atoms with Crippen LogP contribution in [-0.4, -0.2) is 29.8 Å². The Kier molecular flexibility index (Phi) is 5.66. The molecule has 1 fully saturated rings. The van der Waals surface area contributed by atoms with Gasteiger partial charge < -0.3 is 10.6 Å². The Hall–Kier alpha value is -0.810. The summed E-state index contributed by atoms with van der Waals surface area (Å²) in [5.41, 5.74) is 2.07. The molecule has 1 saturated carbocycles. The third kappa shape index (κ3) is 3.85. The molecule has 1 aromatic carbocycles. The van der Waals surface area contributed by atoms with E-state index in [0.717, 1.165) is 18.0 Å². The molecule has 5 heteroatoms. The molecule has 2 N–H and O–H groups in total. The summed E-state index contributed by atoms with van der Waals surface area (Å²) in [5.74, 6) is 0.908. The lowest BCUT2D eigenvalue weighted by atomic mass is 9.84. The van der Waals surface area contributed by atoms with E-state index in [1.54, 1.807) is 11.8 Å². The average Bonchev–Trinajstić information content (AvgIpc) is 2.41. The van der Waals surface area contributed by atoms with E-state index in [1.165, 1.54) is 24.8 Å². The average molecular weight is 310 g/mol. The van der Waals surface area contributed by atoms with Gasteiger partial charge in [0.1, 0.15) is 0 Å². The molecule has 3 nitrogen and oxygen atoms in total. The van der Waals surface area contributed by atoms with Gasteiger partial charge in [-0.05, 0) is 37.0 Å². The zero-order valence-corrected chi connectivity index (χ0v) is 13.7. The first kappa shape index (κ1) is 15.6. The summed E-state index contributed by atoms with van der Waals surface area (Å²) in [6, 6.07) is 7.87. The Morgan fingerprint density at radius 2 is 2.05 bits per heavy atom. The molecule has 110 valence electrons. The largest absolute Gasteiger partial charge is 0.336 e. The topological polar surface area (TPSA) is 41.1 Å². The summed E-state index contributed by atoms with van der Waals surface area (Å²) < 4.78 is 0.274. The van der Waals surface area contributed by atoms with Gasteiger partial charge >= 0.3 is 6.03 Å². The summed E-state index contributed by atoms with van der Waals surface area (Å²) in [6.45, 7) is 0.755. The van der Waals surface area contributed by atoms with Crippen molar-refractivity contribution in [2.24, 2.45) is 0 Å². The number of rotatable bonds is 6. The minimum Gasteiger partial charge on any atom is -0.336 e. The maximum Gasteiger partial charge on any atom is 0.319 e. The van der Waals surface area contributed by atoms with Crippen molar-refractivity contribution in [3.8, 4) is 0 Å². The highest BCUT2D eigenvalue weighted by molar-refractivity contribution is 8.00. The molecule has 20 heavy (non-hydrogen) atoms. The number of thioether (sulfide) groups is 2. The first-order valence-corrected chi connectivity index (χ1v) is 9.48. The minimum atomic E-state index is -0.0983. The van der Waals surface area contributed by atoms with Crippen molar-refractivity contribution in [1.29, 1.82) is 0 Å². The quantitative estimate of drug-likeness (QED) is 0.835. The molecule has 0 aromatic heterocycles. The van der Waals surface area contributed by atoms with Crippen LogP contribution in [0.5, 0.6) is 0 Å². The summed E-state index contributed by atoms with van der Waals surface area (Å²) in [6.07, 6.45) is 7.89. The fourth-order valence-corrected chi connectivity index (χ4v) is 3.83. The Bertz CT molecular complexity index is 455. The van der Waals surface area contributed by atoms with Gasteiger partial charge in [0.2, 0.25) is 0 Å². The van der Waals surface area contributed by atoms with Crippen molar-refractivity contribution in [2.75, 3.05) is 24.4 Å². The molecule has 0 saturated heterocycles. The highest BCUT2D eigenvalue weighted by Gasteiger charge is 2.36. The predicted octanol–water partition coefficient (Wildman–Crippen LogP) is 3.96. The van der Waals surface area contributed by atoms with E-state index in [4.69, 9.17) is 0 Å². The smallest absolute Gasteiger partial charge is 0.319 e. The molecule has 2 amide bonds. The van der Waals surface area contributed by atoms with Crippen LogP contribution in [0.2, 0.25) is 0 Å². The highest BCUT2D eigenvalue weighted by Crippen LogP contribution is 2.42. The molecular weight excluding hydrogens is 288 g/mol. The van der Waals surface area contributed by atoms with Gasteiger partial charge in [0.05, 0.1) is 0 Å². The first-order chi connectivity index (χ1) is 9.69. The van der Waals surface area contributed by atoms with Crippen molar-refractivity contribution in [2.45, 2.75) is 29.8 Å². The minimum absolute atomic E-state index is 0.0983. The molecule has 1 aliphatic carbocycles. The highest BCUT2D eigenvalue weighted by atomic mass is 32.2. The number of nitrogens with one attached hydrogen (secondary N) is 2. The monoisotopic (exact) mass is 310 g/mol. The van der Waals surface area contributed by atoms with Gasteiger partial charge in [-0.15, -0.1) is 0 Å². The second-order valence-electron chi connectivity index (χ2n) is 5.14. The summed E-state index contributed by atoms with van der Waals surface area (Å²) in [4.78, 5) is 12.0. The lowest BCUT2D eigenvalue weighted by Crippen LogP contribution is -2.46. The maximum atomic E-state index is 12.0. The van der Waals surface area contributed by atoms with E-state index in [1.807, 2.05) is 30.0 Å². The fraction of sp³-hybridized carbons (Fsp3) is 0.533. The molecule has 2 rings (SSSR count). The molecule has 0 heterocycles. The number of amides is 2. The number of carbonyl (C=O) groups is 1. The first-order valence-electron chi connectivity index (χ1n) is 6.86. The van der Waals surface area contributed by atoms with E-state index in [-0.39, 0.29) is 10.8 Å². The molecule has 0 atom stereocenters. The van der Waals surface area contributed by atoms with E-state index < -0.39 is 0 Å². The van der Waals surface area contributed by atoms with Gasteiger partial charge in [-0.25, -0.2) is 4.79 Å². The van der Waals surface area contributed by atoms with Crippen molar-refractivity contribution in [3.05, 3.63) is 29.8 Å². The van der Waals surface area contributed by atoms with Crippen LogP contribution in [-0.2, 0) is 5.75 Å². The second-order valence-corrected chi connectivity index (χ2v) is 7.28. The Balaban J connectivity index is 1.88. The van der Waals surface area contributed by atoms with E-state index in [2.05, 4.69) is 29.2 Å². The van der Waals surface area contributed by atoms with Crippen LogP contribution < -0.4 is 10.6 Å². The van der Waals surface area contributed by atoms with Gasteiger partial charge in [-0.3, -0.25) is 0 Å². The van der Waals surface area contributed by atoms with Gasteiger partial charge in [-0.1, -0.05) is 24.6 Å². The van der Waals surface area contributed by atoms with Crippen molar-refractivity contribution < 1.29 is 4.79 Å². The molecule has 0 unspecified atom stereocenters. The number of carbonyl (C=O) groups excluding carboxylic acids is 1. The lowest BCUT2D eigenvalue weighted by molar-refractivity contribution is 0.247. The molecule has 0 spiro atoms. The van der Waals surface area contributed by atoms with Crippen molar-refractivity contribution in [3.63, 3.8) is 0 Å². The predicted molar refractivity (Wildman–Crippen MR) is 90.8 cm³/mol. The molecule has 0 aliphatic heterocycles. The van der Waals surface area contributed by atoms with E-state index in [9.17, 15) is 4.79 Å². The summed E-state index contributed by atoms with van der Waals surface area (Å²) >= 11 is 3.63. The van der Waals surface area contributed by atoms with E-state index >= 15 is 0 Å². The number of hydrogen-bond donors (Lipinski definition) is 2. The van der Waals surface area contributed by atoms with Crippen LogP contribution in [0.1, 0.15) is 24.8 Å². The number of anilines is 1. The number of para-hydroxylation sites is 1. The molecule has 1 aromatic rings.